The number of rotatable bonds is 4. The highest BCUT2D eigenvalue weighted by molar-refractivity contribution is 8.93. The third-order valence-electron chi connectivity index (χ3n) is 5.29. The van der Waals surface area contributed by atoms with Crippen LogP contribution in [0.3, 0.4) is 0 Å². The normalized spacial score (nSPS) is 14.1. The first-order chi connectivity index (χ1) is 13.7. The van der Waals surface area contributed by atoms with Crippen LogP contribution in [0.25, 0.3) is 11.1 Å². The Labute approximate surface area is 179 Å². The molecule has 29 heavy (non-hydrogen) atoms. The molecule has 0 bridgehead atoms. The highest BCUT2D eigenvalue weighted by Crippen LogP contribution is 2.39. The first kappa shape index (κ1) is 19.2. The van der Waals surface area contributed by atoms with Crippen LogP contribution in [0.1, 0.15) is 15.9 Å². The summed E-state index contributed by atoms with van der Waals surface area (Å²) < 4.78 is 0. The summed E-state index contributed by atoms with van der Waals surface area (Å²) in [5, 5.41) is 9.43. The van der Waals surface area contributed by atoms with Gasteiger partial charge in [-0.1, -0.05) is 54.6 Å². The van der Waals surface area contributed by atoms with Gasteiger partial charge in [0.1, 0.15) is 0 Å². The number of benzene rings is 3. The predicted molar refractivity (Wildman–Crippen MR) is 121 cm³/mol. The molecule has 5 nitrogen and oxygen atoms in total. The molecule has 2 aliphatic rings. The molecule has 0 spiro atoms. The maximum atomic E-state index is 11.5. The van der Waals surface area contributed by atoms with Crippen LogP contribution in [-0.4, -0.2) is 30.1 Å². The smallest absolute Gasteiger partial charge is 0.336 e. The van der Waals surface area contributed by atoms with Gasteiger partial charge in [-0.3, -0.25) is 4.99 Å². The number of para-hydroxylation sites is 2. The maximum Gasteiger partial charge on any atom is 0.336 e. The Morgan fingerprint density at radius 3 is 2.38 bits per heavy atom. The minimum Gasteiger partial charge on any atom is -0.478 e. The molecule has 3 aromatic rings. The number of carboxylic acids is 1. The molecule has 6 heteroatoms. The summed E-state index contributed by atoms with van der Waals surface area (Å²) in [5.74, 6) is 0.106. The van der Waals surface area contributed by atoms with E-state index in [-0.39, 0.29) is 17.0 Å². The average Bonchev–Trinajstić information content (AvgIpc) is 3.31. The summed E-state index contributed by atoms with van der Waals surface area (Å²) in [7, 11) is 0. The number of guanidine groups is 1. The number of fused-ring (bicyclic) bond motifs is 3. The van der Waals surface area contributed by atoms with Gasteiger partial charge in [0.25, 0.3) is 0 Å². The van der Waals surface area contributed by atoms with Crippen LogP contribution < -0.4 is 9.80 Å². The molecule has 0 radical (unpaired) electrons. The minimum atomic E-state index is -0.910. The van der Waals surface area contributed by atoms with E-state index >= 15 is 0 Å². The van der Waals surface area contributed by atoms with Crippen LogP contribution >= 0.6 is 17.0 Å². The quantitative estimate of drug-likeness (QED) is 0.619. The first-order valence-corrected chi connectivity index (χ1v) is 9.32. The lowest BCUT2D eigenvalue weighted by Crippen LogP contribution is -2.34. The van der Waals surface area contributed by atoms with Crippen LogP contribution in [0.5, 0.6) is 0 Å². The third kappa shape index (κ3) is 3.29. The van der Waals surface area contributed by atoms with Gasteiger partial charge in [0.05, 0.1) is 30.0 Å². The Bertz CT molecular complexity index is 1100. The zero-order valence-corrected chi connectivity index (χ0v) is 17.4. The lowest BCUT2D eigenvalue weighted by Gasteiger charge is -2.20. The van der Waals surface area contributed by atoms with Crippen molar-refractivity contribution in [3.8, 4) is 11.1 Å². The maximum absolute atomic E-state index is 11.5. The third-order valence-corrected chi connectivity index (χ3v) is 5.29. The highest BCUT2D eigenvalue weighted by atomic mass is 79.9. The van der Waals surface area contributed by atoms with E-state index in [1.165, 1.54) is 11.4 Å². The van der Waals surface area contributed by atoms with E-state index in [4.69, 9.17) is 0 Å². The molecule has 0 aromatic heterocycles. The van der Waals surface area contributed by atoms with Crippen LogP contribution in [0.15, 0.2) is 77.8 Å². The molecule has 0 saturated carbocycles. The lowest BCUT2D eigenvalue weighted by atomic mass is 9.98. The monoisotopic (exact) mass is 449 g/mol. The van der Waals surface area contributed by atoms with Crippen molar-refractivity contribution in [2.45, 2.75) is 6.54 Å². The second kappa shape index (κ2) is 7.72. The SMILES string of the molecule is Br.O=C(O)c1ccccc1-c1ccc(CN2C3=NCCN3c3ccccc32)cc1. The van der Waals surface area contributed by atoms with Crippen molar-refractivity contribution < 1.29 is 9.90 Å². The molecule has 2 heterocycles. The van der Waals surface area contributed by atoms with Gasteiger partial charge < -0.3 is 14.9 Å². The van der Waals surface area contributed by atoms with Crippen molar-refractivity contribution in [3.63, 3.8) is 0 Å². The Morgan fingerprint density at radius 1 is 0.931 bits per heavy atom. The Balaban J connectivity index is 0.00000205. The number of hydrogen-bond acceptors (Lipinski definition) is 4. The van der Waals surface area contributed by atoms with Gasteiger partial charge in [-0.25, -0.2) is 4.79 Å². The summed E-state index contributed by atoms with van der Waals surface area (Å²) >= 11 is 0. The van der Waals surface area contributed by atoms with Crippen LogP contribution in [0, 0.1) is 0 Å². The van der Waals surface area contributed by atoms with E-state index < -0.39 is 5.97 Å². The van der Waals surface area contributed by atoms with Crippen molar-refractivity contribution in [2.75, 3.05) is 22.9 Å². The Morgan fingerprint density at radius 2 is 1.62 bits per heavy atom. The number of aliphatic imine (C=N–C) groups is 1. The van der Waals surface area contributed by atoms with Crippen molar-refractivity contribution in [3.05, 3.63) is 83.9 Å². The first-order valence-electron chi connectivity index (χ1n) is 9.32. The van der Waals surface area contributed by atoms with Crippen LogP contribution in [-0.2, 0) is 6.54 Å². The van der Waals surface area contributed by atoms with Crippen molar-refractivity contribution in [1.29, 1.82) is 0 Å². The molecule has 0 saturated heterocycles. The minimum absolute atomic E-state index is 0. The number of anilines is 2. The fraction of sp³-hybridized carbons (Fsp3) is 0.130. The summed E-state index contributed by atoms with van der Waals surface area (Å²) in [4.78, 5) is 20.7. The Kier molecular flexibility index (Phi) is 5.11. The van der Waals surface area contributed by atoms with Gasteiger partial charge >= 0.3 is 5.97 Å². The zero-order chi connectivity index (χ0) is 19.1. The molecule has 0 amide bonds. The molecule has 0 unspecified atom stereocenters. The van der Waals surface area contributed by atoms with Crippen LogP contribution in [0.2, 0.25) is 0 Å². The number of nitrogens with zero attached hydrogens (tertiary/aromatic N) is 3. The molecule has 0 fully saturated rings. The average molecular weight is 450 g/mol. The van der Waals surface area contributed by atoms with Gasteiger partial charge in [-0.15, -0.1) is 17.0 Å². The number of aromatic carboxylic acids is 1. The number of halogens is 1. The van der Waals surface area contributed by atoms with Gasteiger partial charge in [0.2, 0.25) is 5.96 Å². The summed E-state index contributed by atoms with van der Waals surface area (Å²) in [6.07, 6.45) is 0. The number of carbonyl (C=O) groups is 1. The fourth-order valence-electron chi connectivity index (χ4n) is 3.97. The second-order valence-corrected chi connectivity index (χ2v) is 6.96. The standard InChI is InChI=1S/C23H19N3O2.BrH/c27-22(28)19-6-2-1-5-18(19)17-11-9-16(10-12-17)15-26-21-8-4-3-7-20(21)25-14-13-24-23(25)26;/h1-12H,13-15H2,(H,27,28);1H. The summed E-state index contributed by atoms with van der Waals surface area (Å²) in [6.45, 7) is 2.48. The number of carboxylic acid groups (broad SMARTS) is 1. The van der Waals surface area contributed by atoms with E-state index in [9.17, 15) is 9.90 Å². The van der Waals surface area contributed by atoms with E-state index in [0.717, 1.165) is 42.3 Å². The predicted octanol–water partition coefficient (Wildman–Crippen LogP) is 4.83. The summed E-state index contributed by atoms with van der Waals surface area (Å²) in [5.41, 5.74) is 5.51. The molecule has 2 aliphatic heterocycles. The molecule has 1 N–H and O–H groups in total. The molecule has 5 rings (SSSR count). The molecule has 3 aromatic carbocycles. The second-order valence-electron chi connectivity index (χ2n) is 6.96. The molecule has 0 atom stereocenters. The van der Waals surface area contributed by atoms with E-state index in [2.05, 4.69) is 51.2 Å². The van der Waals surface area contributed by atoms with Gasteiger partial charge in [0, 0.05) is 6.54 Å². The molecule has 0 aliphatic carbocycles. The largest absolute Gasteiger partial charge is 0.478 e. The van der Waals surface area contributed by atoms with Crippen molar-refractivity contribution >= 4 is 40.3 Å². The van der Waals surface area contributed by atoms with Crippen LogP contribution in [0.4, 0.5) is 11.4 Å². The summed E-state index contributed by atoms with van der Waals surface area (Å²) in [6, 6.07) is 23.6. The zero-order valence-electron chi connectivity index (χ0n) is 15.7. The van der Waals surface area contributed by atoms with Gasteiger partial charge in [-0.2, -0.15) is 0 Å². The van der Waals surface area contributed by atoms with Gasteiger partial charge in [0.15, 0.2) is 0 Å². The molecular formula is C23H20BrN3O2. The van der Waals surface area contributed by atoms with E-state index in [1.807, 2.05) is 24.3 Å². The van der Waals surface area contributed by atoms with Gasteiger partial charge in [-0.05, 0) is 34.9 Å². The van der Waals surface area contributed by atoms with E-state index in [1.54, 1.807) is 12.1 Å². The molecular weight excluding hydrogens is 430 g/mol. The number of hydrogen-bond donors (Lipinski definition) is 1. The topological polar surface area (TPSA) is 56.1 Å². The fourth-order valence-corrected chi connectivity index (χ4v) is 3.97. The van der Waals surface area contributed by atoms with E-state index in [0.29, 0.717) is 5.56 Å². The lowest BCUT2D eigenvalue weighted by molar-refractivity contribution is 0.0697. The van der Waals surface area contributed by atoms with Crippen molar-refractivity contribution in [2.24, 2.45) is 4.99 Å². The van der Waals surface area contributed by atoms with Crippen molar-refractivity contribution in [1.82, 2.24) is 0 Å². The molecule has 146 valence electrons. The highest BCUT2D eigenvalue weighted by Gasteiger charge is 2.34. The Hall–Kier alpha value is -3.12.